The first-order chi connectivity index (χ1) is 44.8. The van der Waals surface area contributed by atoms with Gasteiger partial charge in [0.25, 0.3) is 0 Å². The van der Waals surface area contributed by atoms with Crippen molar-refractivity contribution >= 4 is 43.6 Å². The summed E-state index contributed by atoms with van der Waals surface area (Å²) in [6, 6.07) is 76.4. The highest BCUT2D eigenvalue weighted by atomic mass is 19.4. The lowest BCUT2D eigenvalue weighted by Crippen LogP contribution is -2.08. The summed E-state index contributed by atoms with van der Waals surface area (Å²) in [5.41, 5.74) is 9.05. The fraction of sp³-hybridized carbons (Fsp3) is 0.0130. The second-order valence-electron chi connectivity index (χ2n) is 21.4. The molecule has 0 radical (unpaired) electrons. The third kappa shape index (κ3) is 9.43. The first kappa shape index (κ1) is 56.8. The summed E-state index contributed by atoms with van der Waals surface area (Å²) in [6.45, 7) is 0. The summed E-state index contributed by atoms with van der Waals surface area (Å²) in [6.07, 6.45) is -4.93. The molecule has 15 heteroatoms. The summed E-state index contributed by atoms with van der Waals surface area (Å²) in [7, 11) is 0. The van der Waals surface area contributed by atoms with E-state index < -0.39 is 11.7 Å². The number of rotatable bonds is 8. The van der Waals surface area contributed by atoms with Gasteiger partial charge in [-0.2, -0.15) is 65.8 Å². The molecule has 13 aromatic rings. The summed E-state index contributed by atoms with van der Waals surface area (Å²) < 4.78 is 50.1. The molecule has 0 fully saturated rings. The van der Waals surface area contributed by atoms with Crippen molar-refractivity contribution in [1.82, 2.24) is 9.13 Å². The van der Waals surface area contributed by atoms with Crippen LogP contribution in [0.1, 0.15) is 61.2 Å². The number of aromatic nitrogens is 2. The number of hydrogen-bond acceptors (Lipinski definition) is 10. The van der Waals surface area contributed by atoms with Crippen LogP contribution >= 0.6 is 0 Å². The number of fused-ring (bicyclic) bond motifs is 6. The minimum Gasteiger partial charge on any atom is -0.309 e. The summed E-state index contributed by atoms with van der Waals surface area (Å²) in [4.78, 5) is 0. The molecule has 0 spiro atoms. The van der Waals surface area contributed by atoms with Crippen molar-refractivity contribution in [3.8, 4) is 139 Å². The van der Waals surface area contributed by atoms with E-state index in [1.165, 1.54) is 36.4 Å². The van der Waals surface area contributed by atoms with Gasteiger partial charge in [0.1, 0.15) is 0 Å². The fourth-order valence-corrected chi connectivity index (χ4v) is 12.4. The van der Waals surface area contributed by atoms with Gasteiger partial charge in [-0.3, -0.25) is 0 Å². The van der Waals surface area contributed by atoms with Crippen LogP contribution in [0.2, 0.25) is 0 Å². The van der Waals surface area contributed by atoms with Crippen LogP contribution in [0, 0.1) is 113 Å². The molecule has 0 unspecified atom stereocenters. The molecular weight excluding hydrogens is 1150 g/mol. The highest BCUT2D eigenvalue weighted by Gasteiger charge is 2.35. The first-order valence-electron chi connectivity index (χ1n) is 28.0. The van der Waals surface area contributed by atoms with Gasteiger partial charge in [0, 0.05) is 32.7 Å². The Morgan fingerprint density at radius 2 is 0.576 bits per heavy atom. The molecule has 0 aliphatic rings. The topological polar surface area (TPSA) is 248 Å². The van der Waals surface area contributed by atoms with Crippen molar-refractivity contribution in [3.05, 3.63) is 261 Å². The van der Waals surface area contributed by atoms with Gasteiger partial charge in [-0.1, -0.05) is 66.7 Å². The minimum absolute atomic E-state index is 0.0854. The van der Waals surface area contributed by atoms with Crippen molar-refractivity contribution in [2.24, 2.45) is 0 Å². The molecule has 92 heavy (non-hydrogen) atoms. The molecule has 0 bridgehead atoms. The van der Waals surface area contributed by atoms with E-state index in [2.05, 4.69) is 54.6 Å². The number of nitrogens with zero attached hydrogens (tertiary/aromatic N) is 12. The number of halogens is 3. The van der Waals surface area contributed by atoms with Gasteiger partial charge in [-0.05, 0) is 189 Å². The van der Waals surface area contributed by atoms with E-state index in [0.29, 0.717) is 99.5 Å². The lowest BCUT2D eigenvalue weighted by molar-refractivity contribution is -0.137. The number of benzene rings is 11. The molecule has 2 aromatic heterocycles. The predicted molar refractivity (Wildman–Crippen MR) is 340 cm³/mol. The maximum absolute atomic E-state index is 15.4. The van der Waals surface area contributed by atoms with Gasteiger partial charge in [0.05, 0.1) is 155 Å². The van der Waals surface area contributed by atoms with Gasteiger partial charge in [0.15, 0.2) is 0 Å². The van der Waals surface area contributed by atoms with Crippen LogP contribution in [0.3, 0.4) is 0 Å². The molecule has 0 saturated carbocycles. The van der Waals surface area contributed by atoms with Crippen LogP contribution in [0.15, 0.2) is 200 Å². The fourth-order valence-electron chi connectivity index (χ4n) is 12.4. The lowest BCUT2D eigenvalue weighted by Gasteiger charge is -2.21. The third-order valence-electron chi connectivity index (χ3n) is 16.5. The average molecular weight is 1180 g/mol. The zero-order chi connectivity index (χ0) is 64.1. The van der Waals surface area contributed by atoms with Gasteiger partial charge in [-0.25, -0.2) is 0 Å². The standard InChI is InChI=1S/C77H33F3N12/c78-77(79,80)69-28-48(38-85)8-18-63(69)53-13-23-74(91-70-19-9-49(59-14-4-44(34-81)24-55(59)40-87)29-64(70)65-30-50(10-20-71(65)91)60-15-5-45(35-82)25-56(60)41-88)68(33-53)76-54(39-86)2-1-3-75(76)92-72-21-11-51(61-16-6-46(36-83)26-57(61)42-89)31-66(72)67-32-52(12-22-73(67)92)62-17-7-47(37-84)27-58(62)43-90/h1-33H. The quantitative estimate of drug-likeness (QED) is 0.139. The average Bonchev–Trinajstić information content (AvgIpc) is 1.55. The van der Waals surface area contributed by atoms with E-state index in [0.717, 1.165) is 6.07 Å². The Labute approximate surface area is 522 Å². The highest BCUT2D eigenvalue weighted by Crippen LogP contribution is 2.48. The maximum Gasteiger partial charge on any atom is 0.417 e. The molecule has 0 aliphatic heterocycles. The highest BCUT2D eigenvalue weighted by molar-refractivity contribution is 6.14. The Hall–Kier alpha value is -14.3. The van der Waals surface area contributed by atoms with Crippen LogP contribution in [-0.4, -0.2) is 9.13 Å². The Balaban J connectivity index is 1.15. The maximum atomic E-state index is 15.4. The van der Waals surface area contributed by atoms with Gasteiger partial charge < -0.3 is 9.13 Å². The van der Waals surface area contributed by atoms with Crippen molar-refractivity contribution in [2.75, 3.05) is 0 Å². The van der Waals surface area contributed by atoms with Crippen LogP contribution < -0.4 is 0 Å². The smallest absolute Gasteiger partial charge is 0.309 e. The van der Waals surface area contributed by atoms with Crippen molar-refractivity contribution < 1.29 is 13.2 Å². The Morgan fingerprint density at radius 3 is 0.913 bits per heavy atom. The lowest BCUT2D eigenvalue weighted by atomic mass is 9.90. The molecule has 422 valence electrons. The SMILES string of the molecule is N#Cc1ccc(-c2ccc3c(c2)c2cc(-c4ccc(C#N)cc4C#N)ccc2n3-c2ccc(-c3ccc(C#N)cc3C(F)(F)F)cc2-c2c(C#N)cccc2-n2c3ccc(-c4ccc(C#N)cc4C#N)cc3c3cc(-c4ccc(C#N)cc4C#N)ccc32)c(C#N)c1. The summed E-state index contributed by atoms with van der Waals surface area (Å²) >= 11 is 0. The largest absolute Gasteiger partial charge is 0.417 e. The first-order valence-corrected chi connectivity index (χ1v) is 28.0. The van der Waals surface area contributed by atoms with Gasteiger partial charge >= 0.3 is 6.18 Å². The van der Waals surface area contributed by atoms with Crippen LogP contribution in [0.25, 0.3) is 122 Å². The Morgan fingerprint density at radius 1 is 0.261 bits per heavy atom. The van der Waals surface area contributed by atoms with Gasteiger partial charge in [0.2, 0.25) is 0 Å². The summed E-state index contributed by atoms with van der Waals surface area (Å²) in [5, 5.41) is 105. The molecule has 11 aromatic carbocycles. The molecule has 0 aliphatic carbocycles. The van der Waals surface area contributed by atoms with Crippen LogP contribution in [-0.2, 0) is 6.18 Å². The summed E-state index contributed by atoms with van der Waals surface area (Å²) in [5.74, 6) is 0. The van der Waals surface area contributed by atoms with Gasteiger partial charge in [-0.15, -0.1) is 0 Å². The minimum atomic E-state index is -4.93. The monoisotopic (exact) mass is 1180 g/mol. The second kappa shape index (κ2) is 22.5. The molecule has 0 amide bonds. The number of alkyl halides is 3. The normalized spacial score (nSPS) is 10.9. The van der Waals surface area contributed by atoms with E-state index in [4.69, 9.17) is 0 Å². The van der Waals surface area contributed by atoms with E-state index in [1.54, 1.807) is 84.9 Å². The van der Waals surface area contributed by atoms with E-state index in [-0.39, 0.29) is 77.9 Å². The Bertz CT molecular complexity index is 5640. The van der Waals surface area contributed by atoms with Crippen molar-refractivity contribution in [1.29, 1.82) is 52.6 Å². The molecule has 0 saturated heterocycles. The van der Waals surface area contributed by atoms with E-state index >= 15 is 13.2 Å². The zero-order valence-corrected chi connectivity index (χ0v) is 47.6. The number of hydrogen-bond donors (Lipinski definition) is 0. The molecule has 0 N–H and O–H groups in total. The molecular formula is C77H33F3N12. The molecule has 13 rings (SSSR count). The Kier molecular flexibility index (Phi) is 13.9. The molecule has 0 atom stereocenters. The molecule has 2 heterocycles. The van der Waals surface area contributed by atoms with Crippen molar-refractivity contribution in [3.63, 3.8) is 0 Å². The predicted octanol–water partition coefficient (Wildman–Crippen LogP) is 17.6. The van der Waals surface area contributed by atoms with E-state index in [1.807, 2.05) is 88.0 Å². The third-order valence-corrected chi connectivity index (χ3v) is 16.5. The molecule has 12 nitrogen and oxygen atoms in total. The van der Waals surface area contributed by atoms with Crippen molar-refractivity contribution in [2.45, 2.75) is 6.18 Å². The van der Waals surface area contributed by atoms with Crippen LogP contribution in [0.4, 0.5) is 13.2 Å². The van der Waals surface area contributed by atoms with Crippen LogP contribution in [0.5, 0.6) is 0 Å². The number of nitriles is 10. The zero-order valence-electron chi connectivity index (χ0n) is 47.6. The van der Waals surface area contributed by atoms with E-state index in [9.17, 15) is 52.6 Å². The second-order valence-corrected chi connectivity index (χ2v) is 21.4.